The van der Waals surface area contributed by atoms with E-state index in [4.69, 9.17) is 20.8 Å². The molecule has 0 aliphatic carbocycles. The summed E-state index contributed by atoms with van der Waals surface area (Å²) >= 11 is 6.19. The van der Waals surface area contributed by atoms with Crippen LogP contribution in [0.1, 0.15) is 16.7 Å². The van der Waals surface area contributed by atoms with Crippen LogP contribution in [0, 0.1) is 5.82 Å². The van der Waals surface area contributed by atoms with E-state index in [9.17, 15) is 4.39 Å². The van der Waals surface area contributed by atoms with E-state index in [-0.39, 0.29) is 5.82 Å². The smallest absolute Gasteiger partial charge is 0.126 e. The topological polar surface area (TPSA) is 22.4 Å². The van der Waals surface area contributed by atoms with Crippen molar-refractivity contribution in [2.24, 2.45) is 0 Å². The standard InChI is InChI=1S/C12H10ClFO2/c1-15-10-5-4-8(14)7-9(10)12(13)11-3-2-6-16-11/h2-7,12H,1H3. The molecule has 0 bridgehead atoms. The maximum absolute atomic E-state index is 13.1. The van der Waals surface area contributed by atoms with Crippen molar-refractivity contribution < 1.29 is 13.5 Å². The van der Waals surface area contributed by atoms with E-state index in [1.807, 2.05) is 0 Å². The minimum atomic E-state index is -0.555. The normalized spacial score (nSPS) is 12.4. The predicted molar refractivity (Wildman–Crippen MR) is 59.4 cm³/mol. The number of hydrogen-bond donors (Lipinski definition) is 0. The Balaban J connectivity index is 2.42. The van der Waals surface area contributed by atoms with Gasteiger partial charge in [-0.05, 0) is 30.3 Å². The average molecular weight is 241 g/mol. The van der Waals surface area contributed by atoms with E-state index in [1.165, 1.54) is 25.5 Å². The molecule has 1 aromatic carbocycles. The number of benzene rings is 1. The SMILES string of the molecule is COc1ccc(F)cc1C(Cl)c1ccco1. The van der Waals surface area contributed by atoms with Gasteiger partial charge >= 0.3 is 0 Å². The largest absolute Gasteiger partial charge is 0.496 e. The lowest BCUT2D eigenvalue weighted by atomic mass is 10.1. The third kappa shape index (κ3) is 2.04. The highest BCUT2D eigenvalue weighted by Crippen LogP contribution is 2.35. The minimum Gasteiger partial charge on any atom is -0.496 e. The Morgan fingerprint density at radius 1 is 1.38 bits per heavy atom. The van der Waals surface area contributed by atoms with Crippen molar-refractivity contribution in [1.82, 2.24) is 0 Å². The minimum absolute atomic E-state index is 0.354. The van der Waals surface area contributed by atoms with Crippen molar-refractivity contribution in [1.29, 1.82) is 0 Å². The van der Waals surface area contributed by atoms with Crippen LogP contribution in [0.3, 0.4) is 0 Å². The molecule has 0 spiro atoms. The third-order valence-electron chi connectivity index (χ3n) is 2.26. The zero-order valence-electron chi connectivity index (χ0n) is 8.61. The highest BCUT2D eigenvalue weighted by Gasteiger charge is 2.18. The molecule has 2 rings (SSSR count). The van der Waals surface area contributed by atoms with E-state index < -0.39 is 5.38 Å². The second-order valence-corrected chi connectivity index (χ2v) is 3.70. The summed E-state index contributed by atoms with van der Waals surface area (Å²) < 4.78 is 23.4. The Bertz CT molecular complexity index is 468. The lowest BCUT2D eigenvalue weighted by Crippen LogP contribution is -1.97. The lowest BCUT2D eigenvalue weighted by molar-refractivity contribution is 0.406. The molecule has 16 heavy (non-hydrogen) atoms. The van der Waals surface area contributed by atoms with Gasteiger partial charge in [0.1, 0.15) is 22.7 Å². The fourth-order valence-corrected chi connectivity index (χ4v) is 1.79. The molecule has 1 heterocycles. The van der Waals surface area contributed by atoms with E-state index in [2.05, 4.69) is 0 Å². The molecule has 4 heteroatoms. The maximum atomic E-state index is 13.1. The highest BCUT2D eigenvalue weighted by molar-refractivity contribution is 6.22. The number of hydrogen-bond acceptors (Lipinski definition) is 2. The van der Waals surface area contributed by atoms with Gasteiger partial charge in [0.25, 0.3) is 0 Å². The molecule has 0 N–H and O–H groups in total. The molecule has 2 nitrogen and oxygen atoms in total. The summed E-state index contributed by atoms with van der Waals surface area (Å²) in [5, 5.41) is -0.555. The van der Waals surface area contributed by atoms with Gasteiger partial charge in [-0.1, -0.05) is 0 Å². The summed E-state index contributed by atoms with van der Waals surface area (Å²) in [7, 11) is 1.52. The lowest BCUT2D eigenvalue weighted by Gasteiger charge is -2.11. The Hall–Kier alpha value is -1.48. The highest BCUT2D eigenvalue weighted by atomic mass is 35.5. The first-order valence-corrected chi connectivity index (χ1v) is 5.17. The Kier molecular flexibility index (Phi) is 3.15. The van der Waals surface area contributed by atoms with E-state index in [0.29, 0.717) is 17.1 Å². The Labute approximate surface area is 97.6 Å². The van der Waals surface area contributed by atoms with Crippen LogP contribution in [0.2, 0.25) is 0 Å². The number of methoxy groups -OCH3 is 1. The molecule has 0 radical (unpaired) electrons. The summed E-state index contributed by atoms with van der Waals surface area (Å²) in [5.74, 6) is 0.747. The van der Waals surface area contributed by atoms with E-state index >= 15 is 0 Å². The molecule has 0 aliphatic rings. The fraction of sp³-hybridized carbons (Fsp3) is 0.167. The van der Waals surface area contributed by atoms with Gasteiger partial charge in [-0.15, -0.1) is 11.6 Å². The fourth-order valence-electron chi connectivity index (χ4n) is 1.49. The quantitative estimate of drug-likeness (QED) is 0.763. The van der Waals surface area contributed by atoms with Gasteiger partial charge in [-0.3, -0.25) is 0 Å². The van der Waals surface area contributed by atoms with Crippen LogP contribution in [0.5, 0.6) is 5.75 Å². The number of halogens is 2. The molecule has 2 aromatic rings. The van der Waals surface area contributed by atoms with Gasteiger partial charge in [-0.25, -0.2) is 4.39 Å². The van der Waals surface area contributed by atoms with Crippen LogP contribution >= 0.6 is 11.6 Å². The van der Waals surface area contributed by atoms with Crippen LogP contribution in [0.4, 0.5) is 4.39 Å². The zero-order valence-corrected chi connectivity index (χ0v) is 9.37. The summed E-state index contributed by atoms with van der Waals surface area (Å²) in [5.41, 5.74) is 0.555. The van der Waals surface area contributed by atoms with Crippen molar-refractivity contribution in [2.75, 3.05) is 7.11 Å². The van der Waals surface area contributed by atoms with E-state index in [1.54, 1.807) is 18.2 Å². The predicted octanol–water partition coefficient (Wildman–Crippen LogP) is 3.76. The molecule has 0 fully saturated rings. The van der Waals surface area contributed by atoms with Gasteiger partial charge in [0.15, 0.2) is 0 Å². The first-order chi connectivity index (χ1) is 7.72. The monoisotopic (exact) mass is 240 g/mol. The Morgan fingerprint density at radius 3 is 2.81 bits per heavy atom. The van der Waals surface area contributed by atoms with Crippen LogP contribution in [-0.4, -0.2) is 7.11 Å². The van der Waals surface area contributed by atoms with Gasteiger partial charge in [-0.2, -0.15) is 0 Å². The van der Waals surface area contributed by atoms with Crippen molar-refractivity contribution in [3.8, 4) is 5.75 Å². The van der Waals surface area contributed by atoms with Gasteiger partial charge in [0.05, 0.1) is 13.4 Å². The van der Waals surface area contributed by atoms with Crippen molar-refractivity contribution in [2.45, 2.75) is 5.38 Å². The zero-order chi connectivity index (χ0) is 11.5. The molecular weight excluding hydrogens is 231 g/mol. The van der Waals surface area contributed by atoms with Crippen LogP contribution in [0.25, 0.3) is 0 Å². The molecule has 1 atom stereocenters. The average Bonchev–Trinajstić information content (AvgIpc) is 2.81. The van der Waals surface area contributed by atoms with Gasteiger partial charge in [0, 0.05) is 5.56 Å². The summed E-state index contributed by atoms with van der Waals surface area (Å²) in [4.78, 5) is 0. The molecule has 0 saturated carbocycles. The van der Waals surface area contributed by atoms with E-state index in [0.717, 1.165) is 0 Å². The number of ether oxygens (including phenoxy) is 1. The number of furan rings is 1. The number of rotatable bonds is 3. The molecule has 1 unspecified atom stereocenters. The van der Waals surface area contributed by atoms with Gasteiger partial charge in [0.2, 0.25) is 0 Å². The second-order valence-electron chi connectivity index (χ2n) is 3.26. The molecule has 1 aromatic heterocycles. The molecule has 0 saturated heterocycles. The van der Waals surface area contributed by atoms with Crippen molar-refractivity contribution >= 4 is 11.6 Å². The van der Waals surface area contributed by atoms with Crippen LogP contribution < -0.4 is 4.74 Å². The molecule has 84 valence electrons. The molecule has 0 aliphatic heterocycles. The van der Waals surface area contributed by atoms with Crippen molar-refractivity contribution in [3.05, 3.63) is 53.7 Å². The Morgan fingerprint density at radius 2 is 2.19 bits per heavy atom. The molecule has 0 amide bonds. The van der Waals surface area contributed by atoms with Crippen LogP contribution in [0.15, 0.2) is 41.0 Å². The van der Waals surface area contributed by atoms with Crippen molar-refractivity contribution in [3.63, 3.8) is 0 Å². The molecular formula is C12H10ClFO2. The first kappa shape index (κ1) is 11.0. The van der Waals surface area contributed by atoms with Crippen LogP contribution in [-0.2, 0) is 0 Å². The summed E-state index contributed by atoms with van der Waals surface area (Å²) in [6, 6.07) is 7.69. The summed E-state index contributed by atoms with van der Waals surface area (Å²) in [6.45, 7) is 0. The number of alkyl halides is 1. The second kappa shape index (κ2) is 4.58. The summed E-state index contributed by atoms with van der Waals surface area (Å²) in [6.07, 6.45) is 1.52. The maximum Gasteiger partial charge on any atom is 0.126 e. The third-order valence-corrected chi connectivity index (χ3v) is 2.71. The first-order valence-electron chi connectivity index (χ1n) is 4.73. The van der Waals surface area contributed by atoms with Gasteiger partial charge < -0.3 is 9.15 Å².